The normalized spacial score (nSPS) is 10.3. The molecule has 0 bridgehead atoms. The Morgan fingerprint density at radius 3 is 2.87 bits per heavy atom. The lowest BCUT2D eigenvalue weighted by Gasteiger charge is -2.04. The first-order valence-electron chi connectivity index (χ1n) is 7.19. The molecule has 1 aromatic heterocycles. The van der Waals surface area contributed by atoms with Crippen LogP contribution in [-0.2, 0) is 4.79 Å². The van der Waals surface area contributed by atoms with E-state index in [1.807, 2.05) is 38.1 Å². The maximum absolute atomic E-state index is 11.6. The number of thioether (sulfide) groups is 1. The van der Waals surface area contributed by atoms with Gasteiger partial charge in [-0.25, -0.2) is 4.79 Å². The van der Waals surface area contributed by atoms with Gasteiger partial charge in [0.2, 0.25) is 11.8 Å². The number of hydrogen-bond donors (Lipinski definition) is 2. The molecule has 1 aromatic carbocycles. The Morgan fingerprint density at radius 1 is 1.30 bits per heavy atom. The molecular weight excluding hydrogens is 316 g/mol. The van der Waals surface area contributed by atoms with E-state index in [4.69, 9.17) is 4.42 Å². The first-order chi connectivity index (χ1) is 11.1. The molecule has 7 nitrogen and oxygen atoms in total. The monoisotopic (exact) mass is 334 g/mol. The summed E-state index contributed by atoms with van der Waals surface area (Å²) in [5.41, 5.74) is 1.92. The molecule has 0 unspecified atom stereocenters. The van der Waals surface area contributed by atoms with Gasteiger partial charge in [0, 0.05) is 12.1 Å². The number of carbonyl (C=O) groups is 2. The Labute approximate surface area is 138 Å². The van der Waals surface area contributed by atoms with Gasteiger partial charge in [0.25, 0.3) is 5.22 Å². The molecule has 1 heterocycles. The zero-order valence-corrected chi connectivity index (χ0v) is 13.8. The van der Waals surface area contributed by atoms with Crippen LogP contribution in [-0.4, -0.2) is 34.4 Å². The van der Waals surface area contributed by atoms with Crippen LogP contribution in [0.2, 0.25) is 0 Å². The minimum absolute atomic E-state index is 0.0228. The minimum Gasteiger partial charge on any atom is -0.411 e. The van der Waals surface area contributed by atoms with Gasteiger partial charge in [0.1, 0.15) is 0 Å². The molecule has 3 amide bonds. The van der Waals surface area contributed by atoms with E-state index >= 15 is 0 Å². The SMILES string of the molecule is CCCNC(=O)NC(=O)CSc1nnc(-c2cccc(C)c2)o1. The summed E-state index contributed by atoms with van der Waals surface area (Å²) in [7, 11) is 0. The molecule has 8 heteroatoms. The van der Waals surface area contributed by atoms with Crippen molar-refractivity contribution in [3.63, 3.8) is 0 Å². The molecule has 0 radical (unpaired) electrons. The van der Waals surface area contributed by atoms with E-state index in [2.05, 4.69) is 20.8 Å². The largest absolute Gasteiger partial charge is 0.411 e. The Hall–Kier alpha value is -2.35. The number of nitrogens with one attached hydrogen (secondary N) is 2. The van der Waals surface area contributed by atoms with Crippen LogP contribution in [0.4, 0.5) is 4.79 Å². The third-order valence-corrected chi connectivity index (χ3v) is 3.61. The molecule has 0 saturated heterocycles. The molecule has 122 valence electrons. The number of aryl methyl sites for hydroxylation is 1. The van der Waals surface area contributed by atoms with Crippen molar-refractivity contribution in [1.29, 1.82) is 0 Å². The number of carbonyl (C=O) groups excluding carboxylic acids is 2. The smallest absolute Gasteiger partial charge is 0.321 e. The fourth-order valence-electron chi connectivity index (χ4n) is 1.74. The zero-order valence-electron chi connectivity index (χ0n) is 13.0. The molecular formula is C15H18N4O3S. The van der Waals surface area contributed by atoms with Crippen molar-refractivity contribution in [2.75, 3.05) is 12.3 Å². The summed E-state index contributed by atoms with van der Waals surface area (Å²) in [6, 6.07) is 7.20. The molecule has 0 aliphatic heterocycles. The maximum Gasteiger partial charge on any atom is 0.321 e. The van der Waals surface area contributed by atoms with Gasteiger partial charge in [-0.3, -0.25) is 10.1 Å². The Balaban J connectivity index is 1.85. The number of aromatic nitrogens is 2. The second-order valence-corrected chi connectivity index (χ2v) is 5.76. The second-order valence-electron chi connectivity index (χ2n) is 4.84. The van der Waals surface area contributed by atoms with Gasteiger partial charge >= 0.3 is 6.03 Å². The lowest BCUT2D eigenvalue weighted by molar-refractivity contribution is -0.117. The van der Waals surface area contributed by atoms with E-state index in [0.29, 0.717) is 12.4 Å². The van der Waals surface area contributed by atoms with E-state index in [1.54, 1.807) is 0 Å². The fraction of sp³-hybridized carbons (Fsp3) is 0.333. The molecule has 0 atom stereocenters. The van der Waals surface area contributed by atoms with Gasteiger partial charge in [-0.15, -0.1) is 10.2 Å². The minimum atomic E-state index is -0.497. The van der Waals surface area contributed by atoms with Crippen LogP contribution in [0.5, 0.6) is 0 Å². The lowest BCUT2D eigenvalue weighted by Crippen LogP contribution is -2.40. The summed E-state index contributed by atoms with van der Waals surface area (Å²) in [5.74, 6) is 0.00541. The fourth-order valence-corrected chi connectivity index (χ4v) is 2.30. The topological polar surface area (TPSA) is 97.1 Å². The third kappa shape index (κ3) is 5.41. The Kier molecular flexibility index (Phi) is 6.16. The average Bonchev–Trinajstić information content (AvgIpc) is 3.00. The second kappa shape index (κ2) is 8.33. The van der Waals surface area contributed by atoms with Crippen molar-refractivity contribution >= 4 is 23.7 Å². The molecule has 0 saturated carbocycles. The Morgan fingerprint density at radius 2 is 2.13 bits per heavy atom. The van der Waals surface area contributed by atoms with Crippen LogP contribution in [0.25, 0.3) is 11.5 Å². The average molecular weight is 334 g/mol. The first-order valence-corrected chi connectivity index (χ1v) is 8.18. The molecule has 2 aromatic rings. The van der Waals surface area contributed by atoms with E-state index < -0.39 is 11.9 Å². The highest BCUT2D eigenvalue weighted by Gasteiger charge is 2.12. The maximum atomic E-state index is 11.6. The molecule has 2 N–H and O–H groups in total. The van der Waals surface area contributed by atoms with Crippen molar-refractivity contribution < 1.29 is 14.0 Å². The van der Waals surface area contributed by atoms with Gasteiger partial charge in [-0.1, -0.05) is 36.4 Å². The van der Waals surface area contributed by atoms with E-state index in [0.717, 1.165) is 29.3 Å². The highest BCUT2D eigenvalue weighted by atomic mass is 32.2. The van der Waals surface area contributed by atoms with Gasteiger partial charge in [0.05, 0.1) is 5.75 Å². The summed E-state index contributed by atoms with van der Waals surface area (Å²) in [6.07, 6.45) is 0.806. The number of amides is 3. The highest BCUT2D eigenvalue weighted by molar-refractivity contribution is 7.99. The van der Waals surface area contributed by atoms with E-state index in [9.17, 15) is 9.59 Å². The third-order valence-electron chi connectivity index (χ3n) is 2.79. The molecule has 23 heavy (non-hydrogen) atoms. The summed E-state index contributed by atoms with van der Waals surface area (Å²) in [6.45, 7) is 4.43. The van der Waals surface area contributed by atoms with Crippen LogP contribution >= 0.6 is 11.8 Å². The summed E-state index contributed by atoms with van der Waals surface area (Å²) >= 11 is 1.08. The summed E-state index contributed by atoms with van der Waals surface area (Å²) < 4.78 is 5.51. The zero-order chi connectivity index (χ0) is 16.7. The van der Waals surface area contributed by atoms with Crippen molar-refractivity contribution in [1.82, 2.24) is 20.8 Å². The molecule has 0 fully saturated rings. The van der Waals surface area contributed by atoms with Gasteiger partial charge < -0.3 is 9.73 Å². The van der Waals surface area contributed by atoms with E-state index in [-0.39, 0.29) is 11.0 Å². The van der Waals surface area contributed by atoms with Crippen molar-refractivity contribution in [2.45, 2.75) is 25.5 Å². The van der Waals surface area contributed by atoms with Gasteiger partial charge in [-0.2, -0.15) is 0 Å². The lowest BCUT2D eigenvalue weighted by atomic mass is 10.1. The van der Waals surface area contributed by atoms with E-state index in [1.165, 1.54) is 0 Å². The number of rotatable bonds is 6. The van der Waals surface area contributed by atoms with Crippen LogP contribution < -0.4 is 10.6 Å². The van der Waals surface area contributed by atoms with Crippen LogP contribution in [0, 0.1) is 6.92 Å². The van der Waals surface area contributed by atoms with Crippen LogP contribution in [0.1, 0.15) is 18.9 Å². The van der Waals surface area contributed by atoms with Gasteiger partial charge in [0.15, 0.2) is 0 Å². The number of nitrogens with zero attached hydrogens (tertiary/aromatic N) is 2. The molecule has 2 rings (SSSR count). The summed E-state index contributed by atoms with van der Waals surface area (Å²) in [5, 5.41) is 12.9. The first kappa shape index (κ1) is 17.0. The number of urea groups is 1. The van der Waals surface area contributed by atoms with Gasteiger partial charge in [-0.05, 0) is 25.5 Å². The quantitative estimate of drug-likeness (QED) is 0.787. The molecule has 0 aliphatic carbocycles. The van der Waals surface area contributed by atoms with Crippen molar-refractivity contribution in [3.8, 4) is 11.5 Å². The molecule has 0 spiro atoms. The number of imide groups is 1. The highest BCUT2D eigenvalue weighted by Crippen LogP contribution is 2.23. The predicted molar refractivity (Wildman–Crippen MR) is 87.0 cm³/mol. The number of benzene rings is 1. The van der Waals surface area contributed by atoms with Crippen molar-refractivity contribution in [2.24, 2.45) is 0 Å². The Bertz CT molecular complexity index is 687. The molecule has 0 aliphatic rings. The standard InChI is InChI=1S/C15H18N4O3S/c1-3-7-16-14(21)17-12(20)9-23-15-19-18-13(22-15)11-6-4-5-10(2)8-11/h4-6,8H,3,7,9H2,1-2H3,(H2,16,17,20,21). The van der Waals surface area contributed by atoms with Crippen LogP contribution in [0.15, 0.2) is 33.9 Å². The number of hydrogen-bond acceptors (Lipinski definition) is 6. The summed E-state index contributed by atoms with van der Waals surface area (Å²) in [4.78, 5) is 23.0. The van der Waals surface area contributed by atoms with Crippen molar-refractivity contribution in [3.05, 3.63) is 29.8 Å². The van der Waals surface area contributed by atoms with Crippen LogP contribution in [0.3, 0.4) is 0 Å². The predicted octanol–water partition coefficient (Wildman–Crippen LogP) is 2.37.